The van der Waals surface area contributed by atoms with E-state index in [-0.39, 0.29) is 0 Å². The minimum Gasteiger partial charge on any atom is -0.464 e. The zero-order chi connectivity index (χ0) is 31.5. The molecule has 4 heteroatoms. The SMILES string of the molecule is CCCCCCCCCCCCCCCCCCOC(=O)C(OCCCCCCCCCCCCCCCCC)C(C)O. The highest BCUT2D eigenvalue weighted by Crippen LogP contribution is 2.15. The standard InChI is InChI=1S/C39H78O4/c1-4-6-8-10-12-14-16-18-20-22-24-26-28-30-32-34-36-43-39(41)38(37(3)40)42-35-33-31-29-27-25-23-21-19-17-15-13-11-9-7-5-2/h37-38,40H,4-36H2,1-3H3. The van der Waals surface area contributed by atoms with Gasteiger partial charge >= 0.3 is 5.97 Å². The average molecular weight is 611 g/mol. The summed E-state index contributed by atoms with van der Waals surface area (Å²) in [5, 5.41) is 10.0. The number of hydrogen-bond acceptors (Lipinski definition) is 4. The molecule has 0 aliphatic heterocycles. The third kappa shape index (κ3) is 32.6. The molecule has 0 spiro atoms. The van der Waals surface area contributed by atoms with E-state index in [0.717, 1.165) is 25.7 Å². The predicted molar refractivity (Wildman–Crippen MR) is 187 cm³/mol. The normalized spacial score (nSPS) is 12.9. The number of aliphatic hydroxyl groups is 1. The number of esters is 1. The molecule has 0 heterocycles. The van der Waals surface area contributed by atoms with Gasteiger partial charge in [0, 0.05) is 6.61 Å². The van der Waals surface area contributed by atoms with Crippen molar-refractivity contribution in [3.05, 3.63) is 0 Å². The van der Waals surface area contributed by atoms with Gasteiger partial charge in [-0.2, -0.15) is 0 Å². The number of unbranched alkanes of at least 4 members (excludes halogenated alkanes) is 29. The lowest BCUT2D eigenvalue weighted by Crippen LogP contribution is -2.36. The second-order valence-electron chi connectivity index (χ2n) is 13.5. The molecule has 0 saturated heterocycles. The Labute approximate surface area is 270 Å². The molecule has 0 bridgehead atoms. The second-order valence-corrected chi connectivity index (χ2v) is 13.5. The summed E-state index contributed by atoms with van der Waals surface area (Å²) >= 11 is 0. The Balaban J connectivity index is 3.49. The van der Waals surface area contributed by atoms with Crippen LogP contribution >= 0.6 is 0 Å². The van der Waals surface area contributed by atoms with Gasteiger partial charge < -0.3 is 14.6 Å². The Kier molecular flexibility index (Phi) is 35.4. The first-order valence-electron chi connectivity index (χ1n) is 19.6. The first kappa shape index (κ1) is 42.4. The molecule has 0 aliphatic carbocycles. The largest absolute Gasteiger partial charge is 0.464 e. The average Bonchev–Trinajstić information content (AvgIpc) is 3.00. The highest BCUT2D eigenvalue weighted by atomic mass is 16.6. The van der Waals surface area contributed by atoms with Crippen molar-refractivity contribution in [3.8, 4) is 0 Å². The van der Waals surface area contributed by atoms with Crippen molar-refractivity contribution in [2.75, 3.05) is 13.2 Å². The predicted octanol–water partition coefficient (Wildman–Crippen LogP) is 12.4. The topological polar surface area (TPSA) is 55.8 Å². The van der Waals surface area contributed by atoms with Crippen LogP contribution in [0.4, 0.5) is 0 Å². The van der Waals surface area contributed by atoms with Crippen LogP contribution in [0.25, 0.3) is 0 Å². The van der Waals surface area contributed by atoms with Crippen molar-refractivity contribution in [1.82, 2.24) is 0 Å². The molecule has 4 nitrogen and oxygen atoms in total. The van der Waals surface area contributed by atoms with Crippen molar-refractivity contribution in [3.63, 3.8) is 0 Å². The van der Waals surface area contributed by atoms with Gasteiger partial charge in [0.05, 0.1) is 12.7 Å². The van der Waals surface area contributed by atoms with Crippen LogP contribution in [0.15, 0.2) is 0 Å². The van der Waals surface area contributed by atoms with Crippen molar-refractivity contribution in [2.45, 2.75) is 232 Å². The quantitative estimate of drug-likeness (QED) is 0.0566. The Morgan fingerprint density at radius 2 is 0.698 bits per heavy atom. The van der Waals surface area contributed by atoms with Crippen molar-refractivity contribution in [2.24, 2.45) is 0 Å². The lowest BCUT2D eigenvalue weighted by atomic mass is 10.0. The van der Waals surface area contributed by atoms with E-state index in [1.165, 1.54) is 173 Å². The van der Waals surface area contributed by atoms with E-state index < -0.39 is 18.2 Å². The fraction of sp³-hybridized carbons (Fsp3) is 0.974. The summed E-state index contributed by atoms with van der Waals surface area (Å²) in [6, 6.07) is 0. The van der Waals surface area contributed by atoms with E-state index in [4.69, 9.17) is 9.47 Å². The third-order valence-corrected chi connectivity index (χ3v) is 8.96. The van der Waals surface area contributed by atoms with E-state index in [0.29, 0.717) is 13.2 Å². The van der Waals surface area contributed by atoms with Crippen molar-refractivity contribution < 1.29 is 19.4 Å². The van der Waals surface area contributed by atoms with Crippen LogP contribution < -0.4 is 0 Å². The van der Waals surface area contributed by atoms with Crippen LogP contribution in [0.5, 0.6) is 0 Å². The summed E-state index contributed by atoms with van der Waals surface area (Å²) < 4.78 is 11.2. The van der Waals surface area contributed by atoms with Gasteiger partial charge in [0.1, 0.15) is 0 Å². The summed E-state index contributed by atoms with van der Waals surface area (Å²) in [5.74, 6) is -0.406. The lowest BCUT2D eigenvalue weighted by molar-refractivity contribution is -0.164. The molecule has 0 rings (SSSR count). The van der Waals surface area contributed by atoms with Crippen LogP contribution in [0.3, 0.4) is 0 Å². The molecule has 0 aliphatic rings. The Bertz CT molecular complexity index is 535. The van der Waals surface area contributed by atoms with Crippen LogP contribution in [0, 0.1) is 0 Å². The van der Waals surface area contributed by atoms with Crippen LogP contribution in [-0.2, 0) is 14.3 Å². The van der Waals surface area contributed by atoms with E-state index in [9.17, 15) is 9.90 Å². The molecule has 0 aromatic rings. The summed E-state index contributed by atoms with van der Waals surface area (Å²) in [6.07, 6.45) is 39.5. The summed E-state index contributed by atoms with van der Waals surface area (Å²) in [4.78, 5) is 12.4. The minimum absolute atomic E-state index is 0.406. The Morgan fingerprint density at radius 3 is 0.977 bits per heavy atom. The molecule has 0 fully saturated rings. The molecule has 0 saturated carbocycles. The van der Waals surface area contributed by atoms with Crippen LogP contribution in [-0.4, -0.2) is 36.5 Å². The second kappa shape index (κ2) is 35.9. The molecule has 258 valence electrons. The third-order valence-electron chi connectivity index (χ3n) is 8.96. The monoisotopic (exact) mass is 611 g/mol. The molecule has 0 radical (unpaired) electrons. The summed E-state index contributed by atoms with van der Waals surface area (Å²) in [6.45, 7) is 7.13. The molecule has 0 aromatic carbocycles. The number of rotatable bonds is 36. The van der Waals surface area contributed by atoms with E-state index in [1.807, 2.05) is 0 Å². The number of carbonyl (C=O) groups excluding carboxylic acids is 1. The summed E-state index contributed by atoms with van der Waals surface area (Å²) in [7, 11) is 0. The maximum absolute atomic E-state index is 12.4. The minimum atomic E-state index is -0.854. The van der Waals surface area contributed by atoms with Gasteiger partial charge in [0.2, 0.25) is 0 Å². The van der Waals surface area contributed by atoms with Gasteiger partial charge in [-0.3, -0.25) is 0 Å². The Hall–Kier alpha value is -0.610. The fourth-order valence-corrected chi connectivity index (χ4v) is 5.99. The number of ether oxygens (including phenoxy) is 2. The highest BCUT2D eigenvalue weighted by Gasteiger charge is 2.25. The number of carbonyl (C=O) groups is 1. The molecule has 0 amide bonds. The molecule has 0 aromatic heterocycles. The van der Waals surface area contributed by atoms with Crippen molar-refractivity contribution >= 4 is 5.97 Å². The van der Waals surface area contributed by atoms with E-state index in [1.54, 1.807) is 6.92 Å². The highest BCUT2D eigenvalue weighted by molar-refractivity contribution is 5.75. The number of hydrogen-bond donors (Lipinski definition) is 1. The van der Waals surface area contributed by atoms with Gasteiger partial charge in [0.15, 0.2) is 6.10 Å². The zero-order valence-corrected chi connectivity index (χ0v) is 29.7. The van der Waals surface area contributed by atoms with Gasteiger partial charge in [-0.15, -0.1) is 0 Å². The molecular formula is C39H78O4. The van der Waals surface area contributed by atoms with Crippen molar-refractivity contribution in [1.29, 1.82) is 0 Å². The number of aliphatic hydroxyl groups excluding tert-OH is 1. The first-order chi connectivity index (χ1) is 21.1. The molecular weight excluding hydrogens is 532 g/mol. The van der Waals surface area contributed by atoms with Crippen LogP contribution in [0.1, 0.15) is 220 Å². The van der Waals surface area contributed by atoms with E-state index >= 15 is 0 Å². The van der Waals surface area contributed by atoms with Gasteiger partial charge in [0.25, 0.3) is 0 Å². The smallest absolute Gasteiger partial charge is 0.337 e. The fourth-order valence-electron chi connectivity index (χ4n) is 5.99. The molecule has 1 N–H and O–H groups in total. The maximum atomic E-state index is 12.4. The molecule has 43 heavy (non-hydrogen) atoms. The maximum Gasteiger partial charge on any atom is 0.337 e. The van der Waals surface area contributed by atoms with Gasteiger partial charge in [-0.1, -0.05) is 200 Å². The molecule has 2 unspecified atom stereocenters. The summed E-state index contributed by atoms with van der Waals surface area (Å²) in [5.41, 5.74) is 0. The van der Waals surface area contributed by atoms with Crippen LogP contribution in [0.2, 0.25) is 0 Å². The van der Waals surface area contributed by atoms with Gasteiger partial charge in [-0.25, -0.2) is 4.79 Å². The Morgan fingerprint density at radius 1 is 0.442 bits per heavy atom. The molecule has 2 atom stereocenters. The van der Waals surface area contributed by atoms with Gasteiger partial charge in [-0.05, 0) is 19.8 Å². The zero-order valence-electron chi connectivity index (χ0n) is 29.7. The lowest BCUT2D eigenvalue weighted by Gasteiger charge is -2.19. The first-order valence-corrected chi connectivity index (χ1v) is 19.6. The van der Waals surface area contributed by atoms with E-state index in [2.05, 4.69) is 13.8 Å².